The normalized spacial score (nSPS) is 14.8. The van der Waals surface area contributed by atoms with Gasteiger partial charge in [0.1, 0.15) is 0 Å². The molecule has 2 heterocycles. The Morgan fingerprint density at radius 3 is 3.05 bits per heavy atom. The number of benzene rings is 1. The molecule has 1 aliphatic rings. The largest absolute Gasteiger partial charge is 0.333 e. The minimum atomic E-state index is 0.105. The van der Waals surface area contributed by atoms with E-state index >= 15 is 0 Å². The summed E-state index contributed by atoms with van der Waals surface area (Å²) in [7, 11) is 0. The molecule has 0 saturated carbocycles. The Bertz CT molecular complexity index is 625. The lowest BCUT2D eigenvalue weighted by Gasteiger charge is -2.19. The van der Waals surface area contributed by atoms with E-state index in [9.17, 15) is 4.79 Å². The van der Waals surface area contributed by atoms with Crippen molar-refractivity contribution < 1.29 is 4.79 Å². The van der Waals surface area contributed by atoms with E-state index in [1.165, 1.54) is 11.3 Å². The molecule has 0 fully saturated rings. The number of rotatable bonds is 3. The lowest BCUT2D eigenvalue weighted by atomic mass is 10.0. The molecule has 20 heavy (non-hydrogen) atoms. The minimum absolute atomic E-state index is 0.105. The summed E-state index contributed by atoms with van der Waals surface area (Å²) in [5.74, 6) is 5.43. The number of aryl methyl sites for hydroxylation is 1. The average molecular weight is 288 g/mol. The van der Waals surface area contributed by atoms with Gasteiger partial charge < -0.3 is 4.90 Å². The number of amides is 1. The van der Waals surface area contributed by atoms with Crippen molar-refractivity contribution >= 4 is 22.4 Å². The molecule has 6 heteroatoms. The van der Waals surface area contributed by atoms with Crippen LogP contribution in [-0.2, 0) is 13.0 Å². The molecule has 3 N–H and O–H groups in total. The fourth-order valence-electron chi connectivity index (χ4n) is 2.47. The lowest BCUT2D eigenvalue weighted by molar-refractivity contribution is 0.0750. The molecule has 1 aliphatic heterocycles. The maximum absolute atomic E-state index is 12.6. The van der Waals surface area contributed by atoms with Crippen LogP contribution < -0.4 is 11.3 Å². The number of carbonyl (C=O) groups excluding carboxylic acids is 1. The molecule has 0 saturated heterocycles. The van der Waals surface area contributed by atoms with E-state index in [1.807, 2.05) is 29.2 Å². The van der Waals surface area contributed by atoms with Crippen molar-refractivity contribution in [3.8, 4) is 0 Å². The topological polar surface area (TPSA) is 71.2 Å². The van der Waals surface area contributed by atoms with Gasteiger partial charge in [-0.1, -0.05) is 29.5 Å². The second kappa shape index (κ2) is 5.60. The molecule has 1 aromatic heterocycles. The highest BCUT2D eigenvalue weighted by atomic mass is 32.1. The fourth-order valence-corrected chi connectivity index (χ4v) is 3.20. The van der Waals surface area contributed by atoms with Crippen LogP contribution in [0.4, 0.5) is 5.13 Å². The molecule has 0 bridgehead atoms. The molecule has 3 rings (SSSR count). The number of hydrogen-bond donors (Lipinski definition) is 2. The highest BCUT2D eigenvalue weighted by molar-refractivity contribution is 7.15. The summed E-state index contributed by atoms with van der Waals surface area (Å²) in [6.45, 7) is 1.36. The smallest absolute Gasteiger partial charge is 0.254 e. The van der Waals surface area contributed by atoms with Crippen LogP contribution in [-0.4, -0.2) is 22.3 Å². The zero-order valence-electron chi connectivity index (χ0n) is 11.0. The van der Waals surface area contributed by atoms with Crippen molar-refractivity contribution in [2.24, 2.45) is 5.84 Å². The summed E-state index contributed by atoms with van der Waals surface area (Å²) >= 11 is 1.48. The number of hydrogen-bond acceptors (Lipinski definition) is 5. The summed E-state index contributed by atoms with van der Waals surface area (Å²) in [4.78, 5) is 19.6. The number of nitrogens with zero attached hydrogens (tertiary/aromatic N) is 2. The van der Waals surface area contributed by atoms with E-state index in [2.05, 4.69) is 10.4 Å². The van der Waals surface area contributed by atoms with Gasteiger partial charge in [0.15, 0.2) is 5.13 Å². The number of hydrazine groups is 1. The molecule has 0 spiro atoms. The highest BCUT2D eigenvalue weighted by Crippen LogP contribution is 2.23. The summed E-state index contributed by atoms with van der Waals surface area (Å²) < 4.78 is 0. The molecule has 2 aromatic rings. The van der Waals surface area contributed by atoms with Crippen LogP contribution in [0.3, 0.4) is 0 Å². The van der Waals surface area contributed by atoms with Crippen molar-refractivity contribution in [1.82, 2.24) is 9.88 Å². The van der Waals surface area contributed by atoms with Crippen molar-refractivity contribution in [3.63, 3.8) is 0 Å². The maximum Gasteiger partial charge on any atom is 0.254 e. The lowest BCUT2D eigenvalue weighted by Crippen LogP contribution is -2.30. The van der Waals surface area contributed by atoms with E-state index in [4.69, 9.17) is 5.84 Å². The Balaban J connectivity index is 1.82. The Morgan fingerprint density at radius 2 is 2.25 bits per heavy atom. The van der Waals surface area contributed by atoms with Crippen LogP contribution in [0, 0.1) is 0 Å². The Morgan fingerprint density at radius 1 is 1.40 bits per heavy atom. The van der Waals surface area contributed by atoms with Gasteiger partial charge >= 0.3 is 0 Å². The maximum atomic E-state index is 12.6. The molecule has 1 amide bonds. The molecule has 5 nitrogen and oxygen atoms in total. The highest BCUT2D eigenvalue weighted by Gasteiger charge is 2.22. The number of nitrogen functional groups attached to an aromatic ring is 1. The van der Waals surface area contributed by atoms with Gasteiger partial charge in [0.25, 0.3) is 5.91 Å². The number of nitrogens with two attached hydrogens (primary N) is 1. The quantitative estimate of drug-likeness (QED) is 0.669. The Labute approximate surface area is 121 Å². The van der Waals surface area contributed by atoms with E-state index in [-0.39, 0.29) is 5.91 Å². The Kier molecular flexibility index (Phi) is 3.66. The fraction of sp³-hybridized carbons (Fsp3) is 0.286. The van der Waals surface area contributed by atoms with Crippen molar-refractivity contribution in [3.05, 3.63) is 46.5 Å². The summed E-state index contributed by atoms with van der Waals surface area (Å²) in [6.07, 6.45) is 3.71. The van der Waals surface area contributed by atoms with Crippen molar-refractivity contribution in [1.29, 1.82) is 0 Å². The van der Waals surface area contributed by atoms with Gasteiger partial charge in [-0.3, -0.25) is 10.2 Å². The average Bonchev–Trinajstić information content (AvgIpc) is 2.87. The van der Waals surface area contributed by atoms with Crippen LogP contribution >= 0.6 is 11.3 Å². The Hall–Kier alpha value is -1.92. The van der Waals surface area contributed by atoms with Crippen LogP contribution in [0.15, 0.2) is 30.5 Å². The third kappa shape index (κ3) is 2.52. The minimum Gasteiger partial charge on any atom is -0.333 e. The van der Waals surface area contributed by atoms with Gasteiger partial charge in [0.2, 0.25) is 0 Å². The second-order valence-corrected chi connectivity index (χ2v) is 5.88. The molecular weight excluding hydrogens is 272 g/mol. The van der Waals surface area contributed by atoms with Gasteiger partial charge in [-0.05, 0) is 24.5 Å². The number of carbonyl (C=O) groups is 1. The van der Waals surface area contributed by atoms with Crippen LogP contribution in [0.25, 0.3) is 0 Å². The van der Waals surface area contributed by atoms with Gasteiger partial charge in [-0.25, -0.2) is 10.8 Å². The van der Waals surface area contributed by atoms with Gasteiger partial charge in [0.05, 0.1) is 6.54 Å². The molecule has 0 aliphatic carbocycles. The number of anilines is 1. The first-order valence-corrected chi connectivity index (χ1v) is 7.38. The first kappa shape index (κ1) is 13.1. The molecule has 0 unspecified atom stereocenters. The van der Waals surface area contributed by atoms with Crippen LogP contribution in [0.5, 0.6) is 0 Å². The van der Waals surface area contributed by atoms with E-state index < -0.39 is 0 Å². The third-order valence-electron chi connectivity index (χ3n) is 3.43. The summed E-state index contributed by atoms with van der Waals surface area (Å²) in [5.41, 5.74) is 4.50. The number of aromatic nitrogens is 1. The van der Waals surface area contributed by atoms with E-state index in [0.717, 1.165) is 35.4 Å². The molecule has 104 valence electrons. The number of fused-ring (bicyclic) bond motifs is 1. The molecular formula is C14H16N4OS. The molecule has 0 atom stereocenters. The van der Waals surface area contributed by atoms with Gasteiger partial charge in [-0.15, -0.1) is 0 Å². The second-order valence-electron chi connectivity index (χ2n) is 4.76. The summed E-state index contributed by atoms with van der Waals surface area (Å²) in [5, 5.41) is 0.669. The van der Waals surface area contributed by atoms with Crippen LogP contribution in [0.1, 0.15) is 27.2 Å². The monoisotopic (exact) mass is 288 g/mol. The zero-order valence-corrected chi connectivity index (χ0v) is 11.8. The standard InChI is InChI=1S/C14H16N4OS/c15-17-14-16-8-11(20-14)9-18-7-3-5-10-4-1-2-6-12(10)13(18)19/h1-2,4,6,8H,3,5,7,9,15H2,(H,16,17). The SMILES string of the molecule is NNc1ncc(CN2CCCc3ccccc3C2=O)s1. The van der Waals surface area contributed by atoms with E-state index in [0.29, 0.717) is 11.7 Å². The van der Waals surface area contributed by atoms with Crippen molar-refractivity contribution in [2.75, 3.05) is 12.0 Å². The third-order valence-corrected chi connectivity index (χ3v) is 4.35. The molecule has 1 aromatic carbocycles. The first-order chi connectivity index (χ1) is 9.78. The molecule has 0 radical (unpaired) electrons. The summed E-state index contributed by atoms with van der Waals surface area (Å²) in [6, 6.07) is 7.86. The van der Waals surface area contributed by atoms with Gasteiger partial charge in [0, 0.05) is 23.2 Å². The zero-order chi connectivity index (χ0) is 13.9. The first-order valence-electron chi connectivity index (χ1n) is 6.56. The van der Waals surface area contributed by atoms with Crippen LogP contribution in [0.2, 0.25) is 0 Å². The predicted molar refractivity (Wildman–Crippen MR) is 79.4 cm³/mol. The van der Waals surface area contributed by atoms with E-state index in [1.54, 1.807) is 6.20 Å². The van der Waals surface area contributed by atoms with Gasteiger partial charge in [-0.2, -0.15) is 0 Å². The number of nitrogens with one attached hydrogen (secondary N) is 1. The predicted octanol–water partition coefficient (Wildman–Crippen LogP) is 2.02. The number of thiazole rings is 1. The van der Waals surface area contributed by atoms with Crippen molar-refractivity contribution in [2.45, 2.75) is 19.4 Å².